The number of carbonyl (C=O) groups excluding carboxylic acids is 1. The van der Waals surface area contributed by atoms with Gasteiger partial charge in [0.05, 0.1) is 23.9 Å². The van der Waals surface area contributed by atoms with Crippen LogP contribution in [-0.2, 0) is 16.2 Å². The van der Waals surface area contributed by atoms with Crippen LogP contribution < -0.4 is 9.47 Å². The topological polar surface area (TPSA) is 85.7 Å². The molecule has 0 amide bonds. The van der Waals surface area contributed by atoms with Gasteiger partial charge in [0.15, 0.2) is 11.5 Å². The van der Waals surface area contributed by atoms with Crippen LogP contribution in [0.15, 0.2) is 84.9 Å². The molecule has 3 aromatic carbocycles. The number of ether oxygens (including phenoxy) is 2. The van der Waals surface area contributed by atoms with Crippen LogP contribution in [0.2, 0.25) is 0 Å². The summed E-state index contributed by atoms with van der Waals surface area (Å²) in [6.07, 6.45) is 1.50. The lowest BCUT2D eigenvalue weighted by molar-refractivity contribution is -0.146. The molecule has 0 fully saturated rings. The van der Waals surface area contributed by atoms with Gasteiger partial charge in [-0.05, 0) is 41.5 Å². The molecule has 0 unspecified atom stereocenters. The summed E-state index contributed by atoms with van der Waals surface area (Å²) >= 11 is 0. The monoisotopic (exact) mass is 439 g/mol. The summed E-state index contributed by atoms with van der Waals surface area (Å²) in [5.74, 6) is -1.59. The molecule has 0 radical (unpaired) electrons. The number of fused-ring (bicyclic) bond motifs is 1. The summed E-state index contributed by atoms with van der Waals surface area (Å²) in [4.78, 5) is 28.5. The van der Waals surface area contributed by atoms with Gasteiger partial charge in [-0.15, -0.1) is 0 Å². The van der Waals surface area contributed by atoms with Crippen molar-refractivity contribution in [2.75, 3.05) is 7.11 Å². The van der Waals surface area contributed by atoms with Crippen molar-refractivity contribution in [2.24, 2.45) is 0 Å². The molecule has 0 aliphatic rings. The molecular weight excluding hydrogens is 418 g/mol. The number of Topliss-reactive ketones (excluding diaryl/α,β-unsaturated/α-hetero) is 1. The van der Waals surface area contributed by atoms with Crippen molar-refractivity contribution in [2.45, 2.75) is 6.61 Å². The van der Waals surface area contributed by atoms with Crippen molar-refractivity contribution >= 4 is 34.3 Å². The first kappa shape index (κ1) is 21.8. The molecule has 1 heterocycles. The third-order valence-electron chi connectivity index (χ3n) is 5.05. The number of rotatable bonds is 8. The van der Waals surface area contributed by atoms with Crippen LogP contribution in [0.5, 0.6) is 11.5 Å². The summed E-state index contributed by atoms with van der Waals surface area (Å²) in [5, 5.41) is 10.3. The summed E-state index contributed by atoms with van der Waals surface area (Å²) in [5.41, 5.74) is 2.53. The Hall–Kier alpha value is -4.45. The van der Waals surface area contributed by atoms with E-state index >= 15 is 0 Å². The Morgan fingerprint density at radius 2 is 1.67 bits per heavy atom. The normalized spacial score (nSPS) is 11.2. The fraction of sp³-hybridized carbons (Fsp3) is 0.0741. The molecule has 0 saturated heterocycles. The van der Waals surface area contributed by atoms with E-state index in [1.807, 2.05) is 60.7 Å². The number of nitrogens with zero attached hydrogens (tertiary/aromatic N) is 1. The maximum Gasteiger partial charge on any atom is 0.377 e. The first-order chi connectivity index (χ1) is 16.0. The second kappa shape index (κ2) is 9.78. The number of aliphatic carboxylic acids is 1. The number of hydrogen-bond acceptors (Lipinski definition) is 5. The van der Waals surface area contributed by atoms with Gasteiger partial charge in [0.25, 0.3) is 5.78 Å². The van der Waals surface area contributed by atoms with Crippen LogP contribution >= 0.6 is 0 Å². The third kappa shape index (κ3) is 5.07. The number of para-hydroxylation sites is 1. The molecule has 0 aliphatic carbocycles. The second-order valence-electron chi connectivity index (χ2n) is 7.27. The smallest absolute Gasteiger partial charge is 0.377 e. The first-order valence-electron chi connectivity index (χ1n) is 10.3. The maximum absolute atomic E-state index is 12.5. The Labute approximate surface area is 190 Å². The number of carboxylic acid groups (broad SMARTS) is 1. The number of hydrogen-bond donors (Lipinski definition) is 1. The molecule has 1 aromatic heterocycles. The highest BCUT2D eigenvalue weighted by Crippen LogP contribution is 2.31. The minimum atomic E-state index is -1.55. The number of methoxy groups -OCH3 is 1. The number of aromatic nitrogens is 1. The van der Waals surface area contributed by atoms with E-state index in [1.165, 1.54) is 13.2 Å². The Morgan fingerprint density at radius 3 is 2.42 bits per heavy atom. The summed E-state index contributed by atoms with van der Waals surface area (Å²) < 4.78 is 11.3. The van der Waals surface area contributed by atoms with Crippen LogP contribution in [0.1, 0.15) is 16.8 Å². The zero-order valence-electron chi connectivity index (χ0n) is 17.9. The van der Waals surface area contributed by atoms with Gasteiger partial charge in [-0.2, -0.15) is 0 Å². The van der Waals surface area contributed by atoms with Crippen molar-refractivity contribution < 1.29 is 24.2 Å². The Bertz CT molecular complexity index is 1350. The number of carbonyl (C=O) groups is 2. The fourth-order valence-corrected chi connectivity index (χ4v) is 3.38. The maximum atomic E-state index is 12.5. The van der Waals surface area contributed by atoms with Crippen molar-refractivity contribution in [3.63, 3.8) is 0 Å². The van der Waals surface area contributed by atoms with E-state index in [9.17, 15) is 14.7 Å². The van der Waals surface area contributed by atoms with Gasteiger partial charge in [0.1, 0.15) is 6.61 Å². The average Bonchev–Trinajstić information content (AvgIpc) is 2.86. The quantitative estimate of drug-likeness (QED) is 0.307. The molecule has 6 nitrogen and oxygen atoms in total. The van der Waals surface area contributed by atoms with Crippen molar-refractivity contribution in [1.29, 1.82) is 0 Å². The van der Waals surface area contributed by atoms with Gasteiger partial charge >= 0.3 is 5.97 Å². The Kier molecular flexibility index (Phi) is 6.45. The van der Waals surface area contributed by atoms with Crippen LogP contribution in [0.3, 0.4) is 0 Å². The molecule has 0 bridgehead atoms. The van der Waals surface area contributed by atoms with Crippen molar-refractivity contribution in [1.82, 2.24) is 4.98 Å². The standard InChI is InChI=1S/C27H21NO5/c1-32-25-16-19(11-14-24(25)33-17-18-7-3-2-4-8-18)15-21(26(29)27(30)31)23-13-12-20-9-5-6-10-22(20)28-23/h2-16H,17H2,1H3,(H,30,31)/b21-15-. The van der Waals surface area contributed by atoms with E-state index in [0.29, 0.717) is 29.2 Å². The average molecular weight is 439 g/mol. The largest absolute Gasteiger partial charge is 0.493 e. The molecule has 33 heavy (non-hydrogen) atoms. The van der Waals surface area contributed by atoms with E-state index in [4.69, 9.17) is 9.47 Å². The minimum Gasteiger partial charge on any atom is -0.493 e. The van der Waals surface area contributed by atoms with E-state index in [2.05, 4.69) is 4.98 Å². The highest BCUT2D eigenvalue weighted by molar-refractivity contribution is 6.52. The van der Waals surface area contributed by atoms with Crippen LogP contribution in [0.25, 0.3) is 22.6 Å². The summed E-state index contributed by atoms with van der Waals surface area (Å²) in [6, 6.07) is 25.8. The van der Waals surface area contributed by atoms with Crippen LogP contribution in [-0.4, -0.2) is 29.0 Å². The molecule has 164 valence electrons. The van der Waals surface area contributed by atoms with E-state index in [0.717, 1.165) is 10.9 Å². The van der Waals surface area contributed by atoms with Crippen molar-refractivity contribution in [3.8, 4) is 11.5 Å². The highest BCUT2D eigenvalue weighted by Gasteiger charge is 2.21. The molecular formula is C27H21NO5. The van der Waals surface area contributed by atoms with E-state index in [-0.39, 0.29) is 11.3 Å². The lowest BCUT2D eigenvalue weighted by Gasteiger charge is -2.12. The number of pyridine rings is 1. The molecule has 0 atom stereocenters. The third-order valence-corrected chi connectivity index (χ3v) is 5.05. The molecule has 0 aliphatic heterocycles. The number of benzene rings is 3. The van der Waals surface area contributed by atoms with Gasteiger partial charge in [0.2, 0.25) is 0 Å². The van der Waals surface area contributed by atoms with Crippen LogP contribution in [0.4, 0.5) is 0 Å². The zero-order valence-corrected chi connectivity index (χ0v) is 17.9. The molecule has 0 spiro atoms. The summed E-state index contributed by atoms with van der Waals surface area (Å²) in [6.45, 7) is 0.371. The fourth-order valence-electron chi connectivity index (χ4n) is 3.38. The lowest BCUT2D eigenvalue weighted by atomic mass is 10.0. The molecule has 4 rings (SSSR count). The molecule has 0 saturated carbocycles. The van der Waals surface area contributed by atoms with Crippen molar-refractivity contribution in [3.05, 3.63) is 102 Å². The van der Waals surface area contributed by atoms with Gasteiger partial charge in [-0.1, -0.05) is 60.7 Å². The number of carboxylic acids is 1. The number of ketones is 1. The molecule has 6 heteroatoms. The van der Waals surface area contributed by atoms with Gasteiger partial charge in [0, 0.05) is 5.39 Å². The van der Waals surface area contributed by atoms with Gasteiger partial charge in [-0.25, -0.2) is 9.78 Å². The zero-order chi connectivity index (χ0) is 23.2. The minimum absolute atomic E-state index is 0.0201. The SMILES string of the molecule is COc1cc(/C=C(\C(=O)C(=O)O)c2ccc3ccccc3n2)ccc1OCc1ccccc1. The summed E-state index contributed by atoms with van der Waals surface area (Å²) in [7, 11) is 1.52. The van der Waals surface area contributed by atoms with Gasteiger partial charge in [-0.3, -0.25) is 4.79 Å². The molecule has 4 aromatic rings. The van der Waals surface area contributed by atoms with E-state index < -0.39 is 11.8 Å². The van der Waals surface area contributed by atoms with Crippen LogP contribution in [0, 0.1) is 0 Å². The van der Waals surface area contributed by atoms with E-state index in [1.54, 1.807) is 24.3 Å². The highest BCUT2D eigenvalue weighted by atomic mass is 16.5. The van der Waals surface area contributed by atoms with Gasteiger partial charge < -0.3 is 14.6 Å². The lowest BCUT2D eigenvalue weighted by Crippen LogP contribution is -2.15. The Balaban J connectivity index is 1.68. The predicted molar refractivity (Wildman–Crippen MR) is 126 cm³/mol. The first-order valence-corrected chi connectivity index (χ1v) is 10.3. The predicted octanol–water partition coefficient (Wildman–Crippen LogP) is 5.02. The Morgan fingerprint density at radius 1 is 0.909 bits per heavy atom. The molecule has 1 N–H and O–H groups in total. The second-order valence-corrected chi connectivity index (χ2v) is 7.27.